The third-order valence-electron chi connectivity index (χ3n) is 4.46. The highest BCUT2D eigenvalue weighted by Crippen LogP contribution is 2.45. The molecule has 0 radical (unpaired) electrons. The minimum atomic E-state index is -5.81. The first-order valence-electron chi connectivity index (χ1n) is 9.18. The zero-order valence-electron chi connectivity index (χ0n) is 17.4. The summed E-state index contributed by atoms with van der Waals surface area (Å²) in [7, 11) is -4.16. The van der Waals surface area contributed by atoms with E-state index in [0.717, 1.165) is 29.6 Å². The monoisotopic (exact) mass is 499 g/mol. The Morgan fingerprint density at radius 3 is 1.85 bits per heavy atom. The van der Waals surface area contributed by atoms with Crippen molar-refractivity contribution < 1.29 is 39.6 Å². The van der Waals surface area contributed by atoms with Crippen LogP contribution in [0.3, 0.4) is 0 Å². The van der Waals surface area contributed by atoms with E-state index in [1.807, 2.05) is 5.32 Å². The molecule has 182 valence electrons. The maximum Gasteiger partial charge on any atom is 0.420 e. The number of hydrogen-bond acceptors (Lipinski definition) is 5. The van der Waals surface area contributed by atoms with E-state index in [4.69, 9.17) is 0 Å². The SMILES string of the molecule is CCC(NC(=O)Nc1ccc(S(=O)(=O)Nc2nc(C)cc(C)n2)cc1)(C(F)(F)F)C(F)(F)F. The van der Waals surface area contributed by atoms with Crippen LogP contribution >= 0.6 is 0 Å². The van der Waals surface area contributed by atoms with Gasteiger partial charge in [-0.3, -0.25) is 0 Å². The van der Waals surface area contributed by atoms with E-state index < -0.39 is 40.4 Å². The second-order valence-corrected chi connectivity index (χ2v) is 8.62. The van der Waals surface area contributed by atoms with E-state index in [0.29, 0.717) is 18.3 Å². The molecule has 0 atom stereocenters. The Balaban J connectivity index is 2.19. The number of benzene rings is 1. The van der Waals surface area contributed by atoms with E-state index >= 15 is 0 Å². The number of sulfonamides is 1. The van der Waals surface area contributed by atoms with E-state index in [1.54, 1.807) is 19.9 Å². The zero-order chi connectivity index (χ0) is 25.2. The number of nitrogens with zero attached hydrogens (tertiary/aromatic N) is 2. The molecule has 2 rings (SSSR count). The number of aryl methyl sites for hydroxylation is 2. The third kappa shape index (κ3) is 5.83. The molecule has 1 aromatic heterocycles. The summed E-state index contributed by atoms with van der Waals surface area (Å²) in [6.45, 7) is 3.89. The van der Waals surface area contributed by atoms with Crippen LogP contribution in [0.4, 0.5) is 42.8 Å². The number of carbonyl (C=O) groups excluding carboxylic acids is 1. The van der Waals surface area contributed by atoms with Crippen molar-refractivity contribution in [3.63, 3.8) is 0 Å². The van der Waals surface area contributed by atoms with Crippen LogP contribution in [0.25, 0.3) is 0 Å². The number of aromatic nitrogens is 2. The van der Waals surface area contributed by atoms with Crippen LogP contribution in [0.1, 0.15) is 24.7 Å². The highest BCUT2D eigenvalue weighted by atomic mass is 32.2. The van der Waals surface area contributed by atoms with Gasteiger partial charge in [-0.25, -0.2) is 27.9 Å². The quantitative estimate of drug-likeness (QED) is 0.514. The van der Waals surface area contributed by atoms with Crippen LogP contribution in [-0.4, -0.2) is 42.3 Å². The Kier molecular flexibility index (Phi) is 7.16. The fourth-order valence-corrected chi connectivity index (χ4v) is 3.76. The second kappa shape index (κ2) is 9.03. The van der Waals surface area contributed by atoms with Gasteiger partial charge in [0, 0.05) is 17.1 Å². The van der Waals surface area contributed by atoms with Gasteiger partial charge in [-0.1, -0.05) is 6.92 Å². The molecule has 8 nitrogen and oxygen atoms in total. The van der Waals surface area contributed by atoms with Gasteiger partial charge in [-0.15, -0.1) is 0 Å². The van der Waals surface area contributed by atoms with Gasteiger partial charge in [-0.05, 0) is 50.6 Å². The van der Waals surface area contributed by atoms with E-state index in [9.17, 15) is 39.6 Å². The van der Waals surface area contributed by atoms with Gasteiger partial charge in [0.15, 0.2) is 0 Å². The minimum Gasteiger partial charge on any atom is -0.316 e. The lowest BCUT2D eigenvalue weighted by Gasteiger charge is -2.37. The molecule has 0 fully saturated rings. The molecule has 3 N–H and O–H groups in total. The number of rotatable bonds is 6. The van der Waals surface area contributed by atoms with Crippen molar-refractivity contribution in [2.45, 2.75) is 50.0 Å². The Bertz CT molecular complexity index is 1080. The van der Waals surface area contributed by atoms with Crippen LogP contribution in [-0.2, 0) is 10.0 Å². The van der Waals surface area contributed by atoms with Gasteiger partial charge in [0.25, 0.3) is 10.0 Å². The Morgan fingerprint density at radius 1 is 0.939 bits per heavy atom. The van der Waals surface area contributed by atoms with Crippen molar-refractivity contribution in [3.8, 4) is 0 Å². The van der Waals surface area contributed by atoms with E-state index in [1.165, 1.54) is 0 Å². The smallest absolute Gasteiger partial charge is 0.316 e. The van der Waals surface area contributed by atoms with Crippen molar-refractivity contribution in [2.75, 3.05) is 10.0 Å². The number of alkyl halides is 6. The van der Waals surface area contributed by atoms with Gasteiger partial charge < -0.3 is 10.6 Å². The van der Waals surface area contributed by atoms with Crippen molar-refractivity contribution in [1.82, 2.24) is 15.3 Å². The molecule has 0 aliphatic rings. The summed E-state index contributed by atoms with van der Waals surface area (Å²) in [4.78, 5) is 19.4. The Morgan fingerprint density at radius 2 is 1.42 bits per heavy atom. The molecule has 0 saturated carbocycles. The molecular formula is C18H19F6N5O3S. The number of hydrogen-bond donors (Lipinski definition) is 3. The van der Waals surface area contributed by atoms with Gasteiger partial charge in [-0.2, -0.15) is 26.3 Å². The maximum absolute atomic E-state index is 13.1. The van der Waals surface area contributed by atoms with Crippen LogP contribution < -0.4 is 15.4 Å². The average molecular weight is 499 g/mol. The van der Waals surface area contributed by atoms with Gasteiger partial charge in [0.2, 0.25) is 11.5 Å². The van der Waals surface area contributed by atoms with Crippen LogP contribution in [0.15, 0.2) is 35.2 Å². The average Bonchev–Trinajstić information content (AvgIpc) is 2.63. The summed E-state index contributed by atoms with van der Waals surface area (Å²) in [5.74, 6) is -0.190. The van der Waals surface area contributed by atoms with Crippen molar-refractivity contribution in [2.24, 2.45) is 0 Å². The van der Waals surface area contributed by atoms with E-state index in [2.05, 4.69) is 14.7 Å². The summed E-state index contributed by atoms with van der Waals surface area (Å²) in [6.07, 6.45) is -13.1. The lowest BCUT2D eigenvalue weighted by molar-refractivity contribution is -0.304. The first-order chi connectivity index (χ1) is 15.0. The third-order valence-corrected chi connectivity index (χ3v) is 5.80. The normalized spacial score (nSPS) is 12.9. The molecule has 0 aliphatic heterocycles. The summed E-state index contributed by atoms with van der Waals surface area (Å²) >= 11 is 0. The summed E-state index contributed by atoms with van der Waals surface area (Å²) in [5, 5.41) is 2.78. The highest BCUT2D eigenvalue weighted by molar-refractivity contribution is 7.92. The van der Waals surface area contributed by atoms with Crippen LogP contribution in [0, 0.1) is 13.8 Å². The highest BCUT2D eigenvalue weighted by Gasteiger charge is 2.70. The van der Waals surface area contributed by atoms with Gasteiger partial charge in [0.1, 0.15) is 0 Å². The lowest BCUT2D eigenvalue weighted by Crippen LogP contribution is -2.67. The first kappa shape index (κ1) is 26.2. The number of urea groups is 1. The van der Waals surface area contributed by atoms with Crippen LogP contribution in [0.5, 0.6) is 0 Å². The molecule has 15 heteroatoms. The number of nitrogens with one attached hydrogen (secondary N) is 3. The number of carbonyl (C=O) groups is 1. The molecule has 0 saturated heterocycles. The molecule has 0 spiro atoms. The second-order valence-electron chi connectivity index (χ2n) is 6.94. The predicted octanol–water partition coefficient (Wildman–Crippen LogP) is 4.29. The maximum atomic E-state index is 13.1. The van der Waals surface area contributed by atoms with Gasteiger partial charge >= 0.3 is 18.4 Å². The summed E-state index contributed by atoms with van der Waals surface area (Å²) in [5.41, 5.74) is -3.69. The predicted molar refractivity (Wildman–Crippen MR) is 106 cm³/mol. The summed E-state index contributed by atoms with van der Waals surface area (Å²) in [6, 6.07) is 3.80. The number of amides is 2. The van der Waals surface area contributed by atoms with Crippen LogP contribution in [0.2, 0.25) is 0 Å². The Hall–Kier alpha value is -3.10. The molecule has 33 heavy (non-hydrogen) atoms. The molecule has 0 unspecified atom stereocenters. The lowest BCUT2D eigenvalue weighted by atomic mass is 9.94. The molecule has 1 aromatic carbocycles. The molecule has 1 heterocycles. The number of halogens is 6. The van der Waals surface area contributed by atoms with E-state index in [-0.39, 0.29) is 16.5 Å². The van der Waals surface area contributed by atoms with Gasteiger partial charge in [0.05, 0.1) is 4.90 Å². The molecule has 2 amide bonds. The fraction of sp³-hybridized carbons (Fsp3) is 0.389. The molecule has 0 bridgehead atoms. The Labute approximate surface area is 184 Å². The first-order valence-corrected chi connectivity index (χ1v) is 10.7. The number of anilines is 2. The van der Waals surface area contributed by atoms with Crippen molar-refractivity contribution in [3.05, 3.63) is 41.7 Å². The molecular weight excluding hydrogens is 480 g/mol. The largest absolute Gasteiger partial charge is 0.420 e. The van der Waals surface area contributed by atoms with Crippen molar-refractivity contribution >= 4 is 27.7 Å². The fourth-order valence-electron chi connectivity index (χ4n) is 2.82. The molecule has 2 aromatic rings. The van der Waals surface area contributed by atoms with Crippen molar-refractivity contribution in [1.29, 1.82) is 0 Å². The zero-order valence-corrected chi connectivity index (χ0v) is 18.2. The minimum absolute atomic E-state index is 0.190. The topological polar surface area (TPSA) is 113 Å². The summed E-state index contributed by atoms with van der Waals surface area (Å²) < 4.78 is 106. The standard InChI is InChI=1S/C18H19F6N5O3S/c1-4-16(17(19,20)21,18(22,23)24)28-15(30)27-12-5-7-13(8-6-12)33(31,32)29-14-25-10(2)9-11(3)26-14/h5-9H,4H2,1-3H3,(H,25,26,29)(H2,27,28,30). The molecule has 0 aliphatic carbocycles.